The molecule has 2 heterocycles. The number of fused-ring (bicyclic) bond motifs is 1. The molecule has 0 aliphatic rings. The minimum atomic E-state index is 0.949. The van der Waals surface area contributed by atoms with Crippen molar-refractivity contribution in [3.63, 3.8) is 0 Å². The van der Waals surface area contributed by atoms with E-state index in [2.05, 4.69) is 16.1 Å². The van der Waals surface area contributed by atoms with Crippen molar-refractivity contribution >= 4 is 5.52 Å². The lowest BCUT2D eigenvalue weighted by Gasteiger charge is -1.85. The molecule has 0 N–H and O–H groups in total. The molecule has 0 bridgehead atoms. The van der Waals surface area contributed by atoms with Crippen LogP contribution >= 0.6 is 0 Å². The van der Waals surface area contributed by atoms with Crippen molar-refractivity contribution in [2.24, 2.45) is 0 Å². The van der Waals surface area contributed by atoms with Gasteiger partial charge in [0.1, 0.15) is 6.33 Å². The van der Waals surface area contributed by atoms with Crippen molar-refractivity contribution in [3.05, 3.63) is 30.9 Å². The summed E-state index contributed by atoms with van der Waals surface area (Å²) in [5.74, 6) is 0. The summed E-state index contributed by atoms with van der Waals surface area (Å²) in [6, 6.07) is 4.80. The van der Waals surface area contributed by atoms with Crippen molar-refractivity contribution in [1.29, 1.82) is 0 Å². The lowest BCUT2D eigenvalue weighted by Crippen LogP contribution is -1.85. The summed E-state index contributed by atoms with van der Waals surface area (Å²) in [4.78, 5) is 3.83. The molecule has 2 aromatic rings. The van der Waals surface area contributed by atoms with Gasteiger partial charge in [-0.1, -0.05) is 0 Å². The summed E-state index contributed by atoms with van der Waals surface area (Å²) in [5.41, 5.74) is 0.949. The van der Waals surface area contributed by atoms with E-state index in [1.54, 1.807) is 23.2 Å². The fourth-order valence-electron chi connectivity index (χ4n) is 0.720. The van der Waals surface area contributed by atoms with Crippen LogP contribution in [0.5, 0.6) is 0 Å². The van der Waals surface area contributed by atoms with Gasteiger partial charge in [-0.25, -0.2) is 9.50 Å². The second-order valence-electron chi connectivity index (χ2n) is 1.70. The van der Waals surface area contributed by atoms with Crippen LogP contribution < -0.4 is 0 Å². The lowest BCUT2D eigenvalue weighted by atomic mass is 10.5. The van der Waals surface area contributed by atoms with Gasteiger partial charge in [0.25, 0.3) is 0 Å². The Morgan fingerprint density at radius 1 is 1.56 bits per heavy atom. The van der Waals surface area contributed by atoms with Gasteiger partial charge >= 0.3 is 0 Å². The molecule has 0 unspecified atom stereocenters. The first kappa shape index (κ1) is 4.49. The van der Waals surface area contributed by atoms with E-state index >= 15 is 0 Å². The zero-order chi connectivity index (χ0) is 6.10. The molecule has 0 fully saturated rings. The fraction of sp³-hybridized carbons (Fsp3) is 0. The first-order chi connectivity index (χ1) is 4.47. The third kappa shape index (κ3) is 0.579. The molecule has 2 aromatic heterocycles. The molecule has 0 spiro atoms. The van der Waals surface area contributed by atoms with Crippen LogP contribution in [0.25, 0.3) is 5.52 Å². The van der Waals surface area contributed by atoms with Gasteiger partial charge < -0.3 is 0 Å². The number of rotatable bonds is 0. The van der Waals surface area contributed by atoms with Crippen LogP contribution in [0.3, 0.4) is 0 Å². The van der Waals surface area contributed by atoms with Crippen LogP contribution in [-0.2, 0) is 0 Å². The van der Waals surface area contributed by atoms with E-state index in [-0.39, 0.29) is 0 Å². The summed E-state index contributed by atoms with van der Waals surface area (Å²) in [5, 5.41) is 3.94. The van der Waals surface area contributed by atoms with Crippen LogP contribution in [0.4, 0.5) is 0 Å². The van der Waals surface area contributed by atoms with Gasteiger partial charge in [0, 0.05) is 12.3 Å². The van der Waals surface area contributed by atoms with E-state index in [1.807, 2.05) is 6.07 Å². The van der Waals surface area contributed by atoms with E-state index < -0.39 is 0 Å². The maximum absolute atomic E-state index is 3.94. The lowest BCUT2D eigenvalue weighted by molar-refractivity contribution is 0.920. The zero-order valence-electron chi connectivity index (χ0n) is 4.65. The Labute approximate surface area is 52.0 Å². The van der Waals surface area contributed by atoms with E-state index in [0.29, 0.717) is 0 Å². The summed E-state index contributed by atoms with van der Waals surface area (Å²) in [6.45, 7) is 0. The monoisotopic (exact) mass is 118 g/mol. The third-order valence-electron chi connectivity index (χ3n) is 1.13. The molecule has 43 valence electrons. The predicted octanol–water partition coefficient (Wildman–Crippen LogP) is 0.529. The Kier molecular flexibility index (Phi) is 0.773. The number of hydrogen-bond donors (Lipinski definition) is 0. The van der Waals surface area contributed by atoms with Crippen LogP contribution in [0.1, 0.15) is 0 Å². The molecule has 0 aliphatic carbocycles. The first-order valence-corrected chi connectivity index (χ1v) is 2.62. The standard InChI is InChI=1S/C6H4N3/c1-3-7-5-9-6(1)2-4-8-9/h2-5H. The average Bonchev–Trinajstić information content (AvgIpc) is 2.33. The quantitative estimate of drug-likeness (QED) is 0.505. The molecule has 0 amide bonds. The third-order valence-corrected chi connectivity index (χ3v) is 1.13. The Hall–Kier alpha value is -1.38. The smallest absolute Gasteiger partial charge is 0.117 e. The largest absolute Gasteiger partial charge is 0.244 e. The van der Waals surface area contributed by atoms with Gasteiger partial charge in [0.05, 0.1) is 11.7 Å². The predicted molar refractivity (Wildman–Crippen MR) is 31.8 cm³/mol. The molecular formula is C6H4N3. The zero-order valence-corrected chi connectivity index (χ0v) is 4.65. The van der Waals surface area contributed by atoms with Crippen molar-refractivity contribution in [2.45, 2.75) is 0 Å². The Bertz CT molecular complexity index is 282. The molecule has 0 aromatic carbocycles. The average molecular weight is 118 g/mol. The van der Waals surface area contributed by atoms with Crippen molar-refractivity contribution in [2.75, 3.05) is 0 Å². The second-order valence-corrected chi connectivity index (χ2v) is 1.70. The van der Waals surface area contributed by atoms with Crippen LogP contribution in [0, 0.1) is 6.07 Å². The van der Waals surface area contributed by atoms with Crippen LogP contribution in [0.2, 0.25) is 0 Å². The molecule has 0 saturated carbocycles. The maximum atomic E-state index is 3.94. The maximum Gasteiger partial charge on any atom is 0.117 e. The normalized spacial score (nSPS) is 10.2. The van der Waals surface area contributed by atoms with Crippen LogP contribution in [0.15, 0.2) is 24.8 Å². The van der Waals surface area contributed by atoms with Crippen molar-refractivity contribution < 1.29 is 0 Å². The highest BCUT2D eigenvalue weighted by molar-refractivity contribution is 5.41. The first-order valence-electron chi connectivity index (χ1n) is 2.62. The van der Waals surface area contributed by atoms with Gasteiger partial charge in [0.15, 0.2) is 0 Å². The molecule has 3 nitrogen and oxygen atoms in total. The fourth-order valence-corrected chi connectivity index (χ4v) is 0.720. The Morgan fingerprint density at radius 2 is 2.56 bits per heavy atom. The van der Waals surface area contributed by atoms with E-state index in [0.717, 1.165) is 5.52 Å². The summed E-state index contributed by atoms with van der Waals surface area (Å²) in [7, 11) is 0. The van der Waals surface area contributed by atoms with Crippen molar-refractivity contribution in [3.8, 4) is 0 Å². The van der Waals surface area contributed by atoms with Crippen molar-refractivity contribution in [1.82, 2.24) is 14.6 Å². The minimum absolute atomic E-state index is 0.949. The van der Waals surface area contributed by atoms with Gasteiger partial charge in [-0.3, -0.25) is 0 Å². The highest BCUT2D eigenvalue weighted by Gasteiger charge is 1.87. The highest BCUT2D eigenvalue weighted by atomic mass is 15.2. The topological polar surface area (TPSA) is 30.2 Å². The molecule has 2 rings (SSSR count). The molecule has 0 saturated heterocycles. The van der Waals surface area contributed by atoms with Gasteiger partial charge in [-0.2, -0.15) is 5.10 Å². The van der Waals surface area contributed by atoms with Gasteiger partial charge in [-0.05, 0) is 6.07 Å². The number of nitrogens with zero attached hydrogens (tertiary/aromatic N) is 3. The highest BCUT2D eigenvalue weighted by Crippen LogP contribution is 1.94. The number of hydrogen-bond acceptors (Lipinski definition) is 2. The van der Waals surface area contributed by atoms with E-state index in [1.165, 1.54) is 0 Å². The second kappa shape index (κ2) is 1.55. The molecule has 0 atom stereocenters. The van der Waals surface area contributed by atoms with Crippen LogP contribution in [-0.4, -0.2) is 14.6 Å². The molecule has 1 radical (unpaired) electrons. The summed E-state index contributed by atoms with van der Waals surface area (Å²) < 4.78 is 1.67. The number of aromatic nitrogens is 3. The summed E-state index contributed by atoms with van der Waals surface area (Å²) >= 11 is 0. The van der Waals surface area contributed by atoms with Gasteiger partial charge in [-0.15, -0.1) is 0 Å². The van der Waals surface area contributed by atoms with E-state index in [4.69, 9.17) is 0 Å². The Balaban J connectivity index is 2.95. The molecule has 0 aliphatic heterocycles. The Morgan fingerprint density at radius 3 is 3.44 bits per heavy atom. The SMILES string of the molecule is [c]1cncn2nccc12. The minimum Gasteiger partial charge on any atom is -0.244 e. The molecular weight excluding hydrogens is 114 g/mol. The molecule has 3 heteroatoms. The summed E-state index contributed by atoms with van der Waals surface area (Å²) in [6.07, 6.45) is 4.98. The molecule has 9 heavy (non-hydrogen) atoms. The van der Waals surface area contributed by atoms with Gasteiger partial charge in [0.2, 0.25) is 0 Å². The van der Waals surface area contributed by atoms with E-state index in [9.17, 15) is 0 Å².